The van der Waals surface area contributed by atoms with Crippen LogP contribution in [0.3, 0.4) is 0 Å². The van der Waals surface area contributed by atoms with Crippen molar-refractivity contribution in [3.63, 3.8) is 0 Å². The van der Waals surface area contributed by atoms with Crippen molar-refractivity contribution >= 4 is 17.4 Å². The van der Waals surface area contributed by atoms with Gasteiger partial charge in [0.05, 0.1) is 38.5 Å². The van der Waals surface area contributed by atoms with E-state index in [2.05, 4.69) is 20.8 Å². The number of ketones is 1. The highest BCUT2D eigenvalue weighted by atomic mass is 16.5. The van der Waals surface area contributed by atoms with Crippen LogP contribution in [0.2, 0.25) is 0 Å². The molecule has 1 heterocycles. The van der Waals surface area contributed by atoms with Crippen LogP contribution in [0.25, 0.3) is 5.76 Å². The first-order valence-electron chi connectivity index (χ1n) is 13.1. The lowest BCUT2D eigenvalue weighted by molar-refractivity contribution is -0.140. The number of hydrogen-bond acceptors (Lipinski definition) is 7. The third kappa shape index (κ3) is 6.86. The average molecular weight is 526 g/mol. The second-order valence-corrected chi connectivity index (χ2v) is 9.66. The van der Waals surface area contributed by atoms with Crippen molar-refractivity contribution in [2.24, 2.45) is 5.92 Å². The fourth-order valence-electron chi connectivity index (χ4n) is 4.25. The summed E-state index contributed by atoms with van der Waals surface area (Å²) >= 11 is 0. The van der Waals surface area contributed by atoms with Gasteiger partial charge in [0, 0.05) is 19.2 Å². The highest BCUT2D eigenvalue weighted by Gasteiger charge is 2.46. The molecular formula is C30H39NO7. The summed E-state index contributed by atoms with van der Waals surface area (Å²) < 4.78 is 22.5. The van der Waals surface area contributed by atoms with Crippen LogP contribution in [0.5, 0.6) is 17.2 Å². The average Bonchev–Trinajstić information content (AvgIpc) is 3.16. The number of nitrogens with zero attached hydrogens (tertiary/aromatic N) is 1. The van der Waals surface area contributed by atoms with Gasteiger partial charge in [-0.2, -0.15) is 0 Å². The predicted octanol–water partition coefficient (Wildman–Crippen LogP) is 5.37. The number of unbranched alkanes of at least 4 members (excludes halogenated alkanes) is 1. The van der Waals surface area contributed by atoms with Crippen molar-refractivity contribution in [3.8, 4) is 17.2 Å². The molecule has 1 fully saturated rings. The third-order valence-corrected chi connectivity index (χ3v) is 6.41. The molecule has 38 heavy (non-hydrogen) atoms. The van der Waals surface area contributed by atoms with Gasteiger partial charge in [-0.3, -0.25) is 9.59 Å². The molecule has 8 nitrogen and oxygen atoms in total. The number of aliphatic hydroxyl groups is 1. The van der Waals surface area contributed by atoms with Gasteiger partial charge in [0.1, 0.15) is 11.5 Å². The van der Waals surface area contributed by atoms with Crippen molar-refractivity contribution in [1.29, 1.82) is 0 Å². The maximum absolute atomic E-state index is 13.3. The summed E-state index contributed by atoms with van der Waals surface area (Å²) in [5, 5.41) is 11.4. The quantitative estimate of drug-likeness (QED) is 0.153. The number of benzene rings is 2. The summed E-state index contributed by atoms with van der Waals surface area (Å²) in [5.74, 6) is 0.425. The van der Waals surface area contributed by atoms with Gasteiger partial charge in [0.15, 0.2) is 11.5 Å². The Bertz CT molecular complexity index is 1140. The van der Waals surface area contributed by atoms with E-state index in [1.807, 2.05) is 0 Å². The SMILES string of the molecule is CCCCOc1cccc(C(O)=C2C(=O)C(=O)N(CCOC)C2c2ccc(OCCC(C)C)c(OC)c2)c1. The molecule has 0 aliphatic carbocycles. The summed E-state index contributed by atoms with van der Waals surface area (Å²) in [6.07, 6.45) is 2.79. The molecule has 1 saturated heterocycles. The van der Waals surface area contributed by atoms with Crippen LogP contribution in [0.4, 0.5) is 0 Å². The number of rotatable bonds is 14. The number of Topliss-reactive ketones (excluding diaryl/α,β-unsaturated/α-hetero) is 1. The molecule has 1 amide bonds. The lowest BCUT2D eigenvalue weighted by atomic mass is 9.95. The summed E-state index contributed by atoms with van der Waals surface area (Å²) in [7, 11) is 3.07. The Morgan fingerprint density at radius 2 is 1.79 bits per heavy atom. The van der Waals surface area contributed by atoms with E-state index in [0.29, 0.717) is 47.5 Å². The number of aliphatic hydroxyl groups excluding tert-OH is 1. The van der Waals surface area contributed by atoms with Gasteiger partial charge in [0.2, 0.25) is 0 Å². The third-order valence-electron chi connectivity index (χ3n) is 6.41. The maximum Gasteiger partial charge on any atom is 0.295 e. The molecule has 1 atom stereocenters. The standard InChI is InChI=1S/C30H39NO7/c1-6-7-15-37-23-10-8-9-22(18-23)28(32)26-27(31(14-17-35-4)30(34)29(26)33)21-11-12-24(25(19-21)36-5)38-16-13-20(2)3/h8-12,18-20,27,32H,6-7,13-17H2,1-5H3. The molecule has 0 bridgehead atoms. The number of amides is 1. The fraction of sp³-hybridized carbons (Fsp3) is 0.467. The second kappa shape index (κ2) is 13.9. The molecule has 0 spiro atoms. The number of carbonyl (C=O) groups excluding carboxylic acids is 2. The van der Waals surface area contributed by atoms with Crippen LogP contribution in [0.1, 0.15) is 57.2 Å². The van der Waals surface area contributed by atoms with Crippen molar-refractivity contribution in [2.75, 3.05) is 40.6 Å². The van der Waals surface area contributed by atoms with Gasteiger partial charge < -0.3 is 29.0 Å². The topological polar surface area (TPSA) is 94.5 Å². The molecular weight excluding hydrogens is 486 g/mol. The first kappa shape index (κ1) is 29.0. The number of carbonyl (C=O) groups is 2. The van der Waals surface area contributed by atoms with E-state index < -0.39 is 17.7 Å². The molecule has 8 heteroatoms. The van der Waals surface area contributed by atoms with E-state index in [1.54, 1.807) is 49.6 Å². The number of hydrogen-bond donors (Lipinski definition) is 1. The monoisotopic (exact) mass is 525 g/mol. The second-order valence-electron chi connectivity index (χ2n) is 9.66. The van der Waals surface area contributed by atoms with E-state index >= 15 is 0 Å². The lowest BCUT2D eigenvalue weighted by Gasteiger charge is -2.26. The van der Waals surface area contributed by atoms with Crippen LogP contribution in [-0.2, 0) is 14.3 Å². The highest BCUT2D eigenvalue weighted by molar-refractivity contribution is 6.46. The molecule has 2 aromatic carbocycles. The molecule has 0 radical (unpaired) electrons. The van der Waals surface area contributed by atoms with Crippen LogP contribution in [0, 0.1) is 5.92 Å². The smallest absolute Gasteiger partial charge is 0.295 e. The predicted molar refractivity (Wildman–Crippen MR) is 146 cm³/mol. The van der Waals surface area contributed by atoms with Crippen LogP contribution in [0.15, 0.2) is 48.0 Å². The van der Waals surface area contributed by atoms with Crippen LogP contribution >= 0.6 is 0 Å². The number of methoxy groups -OCH3 is 2. The molecule has 206 valence electrons. The zero-order chi connectivity index (χ0) is 27.7. The van der Waals surface area contributed by atoms with Gasteiger partial charge in [-0.05, 0) is 48.6 Å². The van der Waals surface area contributed by atoms with E-state index in [0.717, 1.165) is 19.3 Å². The van der Waals surface area contributed by atoms with Crippen molar-refractivity contribution in [1.82, 2.24) is 4.90 Å². The minimum atomic E-state index is -0.826. The summed E-state index contributed by atoms with van der Waals surface area (Å²) in [6, 6.07) is 11.4. The van der Waals surface area contributed by atoms with Gasteiger partial charge in [-0.15, -0.1) is 0 Å². The minimum absolute atomic E-state index is 0.00680. The maximum atomic E-state index is 13.3. The molecule has 2 aromatic rings. The Morgan fingerprint density at radius 3 is 2.47 bits per heavy atom. The van der Waals surface area contributed by atoms with E-state index in [-0.39, 0.29) is 24.5 Å². The molecule has 0 saturated carbocycles. The molecule has 1 aliphatic rings. The van der Waals surface area contributed by atoms with Crippen molar-refractivity contribution in [2.45, 2.75) is 46.1 Å². The summed E-state index contributed by atoms with van der Waals surface area (Å²) in [4.78, 5) is 27.8. The summed E-state index contributed by atoms with van der Waals surface area (Å²) in [6.45, 7) is 7.83. The highest BCUT2D eigenvalue weighted by Crippen LogP contribution is 2.42. The number of ether oxygens (including phenoxy) is 4. The Labute approximate surface area is 225 Å². The lowest BCUT2D eigenvalue weighted by Crippen LogP contribution is -2.32. The Morgan fingerprint density at radius 1 is 1.00 bits per heavy atom. The van der Waals surface area contributed by atoms with Crippen molar-refractivity contribution in [3.05, 3.63) is 59.2 Å². The van der Waals surface area contributed by atoms with Gasteiger partial charge >= 0.3 is 0 Å². The fourth-order valence-corrected chi connectivity index (χ4v) is 4.25. The van der Waals surface area contributed by atoms with E-state index in [4.69, 9.17) is 18.9 Å². The zero-order valence-corrected chi connectivity index (χ0v) is 23.0. The first-order chi connectivity index (χ1) is 18.3. The van der Waals surface area contributed by atoms with E-state index in [1.165, 1.54) is 12.0 Å². The Hall–Kier alpha value is -3.52. The molecule has 3 rings (SSSR count). The van der Waals surface area contributed by atoms with Gasteiger partial charge in [-0.25, -0.2) is 0 Å². The van der Waals surface area contributed by atoms with Gasteiger partial charge in [-0.1, -0.05) is 45.4 Å². The zero-order valence-electron chi connectivity index (χ0n) is 23.0. The largest absolute Gasteiger partial charge is 0.507 e. The molecule has 1 N–H and O–H groups in total. The minimum Gasteiger partial charge on any atom is -0.507 e. The summed E-state index contributed by atoms with van der Waals surface area (Å²) in [5.41, 5.74) is 1.02. The Kier molecular flexibility index (Phi) is 10.6. The van der Waals surface area contributed by atoms with E-state index in [9.17, 15) is 14.7 Å². The van der Waals surface area contributed by atoms with Crippen LogP contribution in [-0.4, -0.2) is 62.3 Å². The van der Waals surface area contributed by atoms with Crippen molar-refractivity contribution < 1.29 is 33.6 Å². The molecule has 1 unspecified atom stereocenters. The normalized spacial score (nSPS) is 16.8. The first-order valence-corrected chi connectivity index (χ1v) is 13.1. The molecule has 0 aromatic heterocycles. The molecule has 1 aliphatic heterocycles. The van der Waals surface area contributed by atoms with Crippen LogP contribution < -0.4 is 14.2 Å². The Balaban J connectivity index is 2.05. The van der Waals surface area contributed by atoms with Gasteiger partial charge in [0.25, 0.3) is 11.7 Å². The number of likely N-dealkylation sites (tertiary alicyclic amines) is 1.